The molecular weight excluding hydrogens is 374 g/mol. The van der Waals surface area contributed by atoms with Crippen molar-refractivity contribution in [3.8, 4) is 0 Å². The van der Waals surface area contributed by atoms with E-state index in [0.717, 1.165) is 30.9 Å². The number of amides is 2. The standard InChI is InChI=1S/C25H37N3O2/c1-24-13-11-18-16(7-10-21-25(18,2)14-12-22(29)28(21)4)17(24)8-9-20(24)26-23(30)19-6-5-15-27(19)3/h5-6,15-18,20-21H,7-14H2,1-4H3,(H,26,30)/t16-,17-,18-,20?,21+,24-,25+/m0/s1. The van der Waals surface area contributed by atoms with Gasteiger partial charge < -0.3 is 14.8 Å². The highest BCUT2D eigenvalue weighted by Gasteiger charge is 2.61. The van der Waals surface area contributed by atoms with Crippen molar-refractivity contribution < 1.29 is 9.59 Å². The van der Waals surface area contributed by atoms with E-state index in [1.54, 1.807) is 0 Å². The average molecular weight is 412 g/mol. The fourth-order valence-electron chi connectivity index (χ4n) is 8.32. The molecule has 1 N–H and O–H groups in total. The van der Waals surface area contributed by atoms with E-state index >= 15 is 0 Å². The zero-order valence-corrected chi connectivity index (χ0v) is 19.0. The molecule has 30 heavy (non-hydrogen) atoms. The lowest BCUT2D eigenvalue weighted by Crippen LogP contribution is -2.62. The van der Waals surface area contributed by atoms with E-state index in [4.69, 9.17) is 0 Å². The Bertz CT molecular complexity index is 862. The molecule has 5 rings (SSSR count). The van der Waals surface area contributed by atoms with Crippen LogP contribution in [0.5, 0.6) is 0 Å². The number of piperidine rings is 1. The molecule has 3 saturated carbocycles. The SMILES string of the molecule is CN1C(=O)CC[C@]2(C)[C@H]3CC[C@]4(C)C(NC(=O)c5cccn5C)CC[C@H]4[C@@H]3CC[C@@H]12. The predicted molar refractivity (Wildman–Crippen MR) is 117 cm³/mol. The van der Waals surface area contributed by atoms with Crippen LogP contribution in [-0.4, -0.2) is 40.4 Å². The Morgan fingerprint density at radius 1 is 1.03 bits per heavy atom. The Kier molecular flexibility index (Phi) is 4.61. The second-order valence-corrected chi connectivity index (χ2v) is 11.1. The first-order valence-corrected chi connectivity index (χ1v) is 11.9. The highest BCUT2D eigenvalue weighted by Crippen LogP contribution is 2.64. The van der Waals surface area contributed by atoms with Crippen molar-refractivity contribution in [2.24, 2.45) is 35.6 Å². The Morgan fingerprint density at radius 2 is 1.80 bits per heavy atom. The molecule has 4 aliphatic rings. The minimum Gasteiger partial charge on any atom is -0.347 e. The van der Waals surface area contributed by atoms with Crippen LogP contribution in [0.25, 0.3) is 0 Å². The van der Waals surface area contributed by atoms with Crippen molar-refractivity contribution in [2.75, 3.05) is 7.05 Å². The highest BCUT2D eigenvalue weighted by atomic mass is 16.2. The van der Waals surface area contributed by atoms with E-state index < -0.39 is 0 Å². The summed E-state index contributed by atoms with van der Waals surface area (Å²) in [5.41, 5.74) is 1.21. The van der Waals surface area contributed by atoms with Gasteiger partial charge in [0.2, 0.25) is 5.91 Å². The van der Waals surface area contributed by atoms with Crippen molar-refractivity contribution in [1.82, 2.24) is 14.8 Å². The van der Waals surface area contributed by atoms with E-state index in [9.17, 15) is 9.59 Å². The lowest BCUT2D eigenvalue weighted by molar-refractivity contribution is -0.157. The number of carbonyl (C=O) groups excluding carboxylic acids is 2. The number of nitrogens with zero attached hydrogens (tertiary/aromatic N) is 2. The summed E-state index contributed by atoms with van der Waals surface area (Å²) in [4.78, 5) is 27.3. The molecule has 5 heteroatoms. The fourth-order valence-corrected chi connectivity index (χ4v) is 8.32. The number of nitrogens with one attached hydrogen (secondary N) is 1. The highest BCUT2D eigenvalue weighted by molar-refractivity contribution is 5.93. The van der Waals surface area contributed by atoms with Gasteiger partial charge in [-0.05, 0) is 85.7 Å². The van der Waals surface area contributed by atoms with Crippen molar-refractivity contribution in [2.45, 2.75) is 77.3 Å². The third-order valence-electron chi connectivity index (χ3n) is 10.0. The maximum atomic E-state index is 12.9. The quantitative estimate of drug-likeness (QED) is 0.800. The summed E-state index contributed by atoms with van der Waals surface area (Å²) >= 11 is 0. The smallest absolute Gasteiger partial charge is 0.268 e. The van der Waals surface area contributed by atoms with E-state index in [2.05, 4.69) is 24.1 Å². The van der Waals surface area contributed by atoms with Crippen molar-refractivity contribution in [3.05, 3.63) is 24.0 Å². The van der Waals surface area contributed by atoms with E-state index in [1.165, 1.54) is 25.7 Å². The van der Waals surface area contributed by atoms with Crippen LogP contribution in [0.3, 0.4) is 0 Å². The van der Waals surface area contributed by atoms with Crippen LogP contribution in [0.1, 0.15) is 75.7 Å². The number of fused-ring (bicyclic) bond motifs is 5. The second kappa shape index (κ2) is 6.86. The molecule has 1 aromatic rings. The molecule has 2 heterocycles. The molecule has 1 saturated heterocycles. The molecule has 164 valence electrons. The summed E-state index contributed by atoms with van der Waals surface area (Å²) in [5, 5.41) is 3.42. The number of aryl methyl sites for hydroxylation is 1. The zero-order valence-electron chi connectivity index (χ0n) is 19.0. The summed E-state index contributed by atoms with van der Waals surface area (Å²) in [6.45, 7) is 4.92. The number of hydrogen-bond acceptors (Lipinski definition) is 2. The molecule has 2 amide bonds. The Balaban J connectivity index is 1.36. The molecule has 1 aliphatic heterocycles. The van der Waals surface area contributed by atoms with Gasteiger partial charge in [-0.1, -0.05) is 13.8 Å². The second-order valence-electron chi connectivity index (χ2n) is 11.1. The molecule has 4 fully saturated rings. The molecule has 1 unspecified atom stereocenters. The number of aromatic nitrogens is 1. The topological polar surface area (TPSA) is 54.3 Å². The Labute approximate surface area is 180 Å². The van der Waals surface area contributed by atoms with Crippen LogP contribution in [0.15, 0.2) is 18.3 Å². The molecule has 0 spiro atoms. The van der Waals surface area contributed by atoms with Gasteiger partial charge >= 0.3 is 0 Å². The van der Waals surface area contributed by atoms with Gasteiger partial charge in [0.1, 0.15) is 5.69 Å². The molecule has 1 aromatic heterocycles. The lowest BCUT2D eigenvalue weighted by Gasteiger charge is -2.61. The van der Waals surface area contributed by atoms with Crippen LogP contribution in [-0.2, 0) is 11.8 Å². The number of rotatable bonds is 2. The summed E-state index contributed by atoms with van der Waals surface area (Å²) in [7, 11) is 3.97. The maximum Gasteiger partial charge on any atom is 0.268 e. The summed E-state index contributed by atoms with van der Waals surface area (Å²) in [6.07, 6.45) is 10.8. The molecular formula is C25H37N3O2. The molecule has 0 bridgehead atoms. The van der Waals surface area contributed by atoms with E-state index in [0.29, 0.717) is 30.2 Å². The van der Waals surface area contributed by atoms with Crippen LogP contribution < -0.4 is 5.32 Å². The number of likely N-dealkylation sites (tertiary alicyclic amines) is 1. The third kappa shape index (κ3) is 2.73. The number of hydrogen-bond donors (Lipinski definition) is 1. The van der Waals surface area contributed by atoms with Crippen LogP contribution in [0, 0.1) is 28.6 Å². The van der Waals surface area contributed by atoms with E-state index in [1.807, 2.05) is 37.0 Å². The van der Waals surface area contributed by atoms with Gasteiger partial charge in [-0.25, -0.2) is 0 Å². The first-order valence-electron chi connectivity index (χ1n) is 11.9. The van der Waals surface area contributed by atoms with Crippen molar-refractivity contribution in [3.63, 3.8) is 0 Å². The summed E-state index contributed by atoms with van der Waals surface area (Å²) in [5.74, 6) is 2.55. The van der Waals surface area contributed by atoms with Gasteiger partial charge in [0.05, 0.1) is 0 Å². The molecule has 7 atom stereocenters. The predicted octanol–water partition coefficient (Wildman–Crippen LogP) is 3.99. The Morgan fingerprint density at radius 3 is 2.53 bits per heavy atom. The molecule has 5 nitrogen and oxygen atoms in total. The van der Waals surface area contributed by atoms with Gasteiger partial charge in [-0.2, -0.15) is 0 Å². The molecule has 0 aromatic carbocycles. The normalized spacial score (nSPS) is 43.0. The number of carbonyl (C=O) groups is 2. The van der Waals surface area contributed by atoms with E-state index in [-0.39, 0.29) is 22.8 Å². The van der Waals surface area contributed by atoms with Crippen LogP contribution >= 0.6 is 0 Å². The largest absolute Gasteiger partial charge is 0.347 e. The minimum absolute atomic E-state index is 0.0691. The summed E-state index contributed by atoms with van der Waals surface area (Å²) < 4.78 is 1.91. The van der Waals surface area contributed by atoms with Gasteiger partial charge in [0, 0.05) is 38.8 Å². The lowest BCUT2D eigenvalue weighted by atomic mass is 9.47. The van der Waals surface area contributed by atoms with Gasteiger partial charge in [-0.15, -0.1) is 0 Å². The van der Waals surface area contributed by atoms with Crippen LogP contribution in [0.4, 0.5) is 0 Å². The summed E-state index contributed by atoms with van der Waals surface area (Å²) in [6, 6.07) is 4.53. The first kappa shape index (κ1) is 20.1. The Hall–Kier alpha value is -1.78. The average Bonchev–Trinajstić information content (AvgIpc) is 3.28. The molecule has 0 radical (unpaired) electrons. The molecule has 3 aliphatic carbocycles. The van der Waals surface area contributed by atoms with Gasteiger partial charge in [-0.3, -0.25) is 9.59 Å². The monoisotopic (exact) mass is 411 g/mol. The first-order chi connectivity index (χ1) is 14.3. The minimum atomic E-state index is 0.0691. The van der Waals surface area contributed by atoms with Gasteiger partial charge in [0.15, 0.2) is 0 Å². The van der Waals surface area contributed by atoms with Gasteiger partial charge in [0.25, 0.3) is 5.91 Å². The third-order valence-corrected chi connectivity index (χ3v) is 10.0. The fraction of sp³-hybridized carbons (Fsp3) is 0.760. The van der Waals surface area contributed by atoms with Crippen molar-refractivity contribution >= 4 is 11.8 Å². The van der Waals surface area contributed by atoms with Crippen molar-refractivity contribution in [1.29, 1.82) is 0 Å². The zero-order chi connectivity index (χ0) is 21.3. The van der Waals surface area contributed by atoms with Crippen LogP contribution in [0.2, 0.25) is 0 Å². The maximum absolute atomic E-state index is 12.9.